The van der Waals surface area contributed by atoms with E-state index in [0.717, 1.165) is 0 Å². The molecule has 102 valence electrons. The van der Waals surface area contributed by atoms with Crippen molar-refractivity contribution < 1.29 is 0 Å². The van der Waals surface area contributed by atoms with E-state index in [1.807, 2.05) is 0 Å². The summed E-state index contributed by atoms with van der Waals surface area (Å²) in [6.07, 6.45) is 1.18. The van der Waals surface area contributed by atoms with Crippen LogP contribution in [-0.4, -0.2) is 5.54 Å². The summed E-state index contributed by atoms with van der Waals surface area (Å²) in [7, 11) is 0. The third kappa shape index (κ3) is 1.53. The Hall–Kier alpha value is -1.60. The maximum atomic E-state index is 6.51. The molecule has 1 unspecified atom stereocenters. The highest BCUT2D eigenvalue weighted by atomic mass is 14.7. The van der Waals surface area contributed by atoms with Gasteiger partial charge >= 0.3 is 0 Å². The van der Waals surface area contributed by atoms with Crippen molar-refractivity contribution in [2.24, 2.45) is 11.7 Å². The molecule has 2 bridgehead atoms. The fourth-order valence-electron chi connectivity index (χ4n) is 4.37. The molecular weight excluding hydrogens is 242 g/mol. The first kappa shape index (κ1) is 12.2. The van der Waals surface area contributed by atoms with Gasteiger partial charge < -0.3 is 5.73 Å². The zero-order chi connectivity index (χ0) is 13.9. The molecule has 2 N–H and O–H groups in total. The standard InChI is InChI=1S/C19H21N/c1-19(2,20)17-11-16-12-7-3-5-9-14(12)18(17)15-10-6-4-8-13(15)16/h3-10,16-18H,11,20H2,1-2H3. The summed E-state index contributed by atoms with van der Waals surface area (Å²) >= 11 is 0. The number of rotatable bonds is 1. The van der Waals surface area contributed by atoms with Crippen LogP contribution < -0.4 is 5.73 Å². The van der Waals surface area contributed by atoms with Crippen LogP contribution in [0, 0.1) is 5.92 Å². The molecule has 0 spiro atoms. The Bertz CT molecular complexity index is 618. The van der Waals surface area contributed by atoms with Crippen molar-refractivity contribution in [1.82, 2.24) is 0 Å². The molecular formula is C19H21N. The summed E-state index contributed by atoms with van der Waals surface area (Å²) in [6.45, 7) is 4.37. The molecule has 3 aliphatic carbocycles. The number of hydrogen-bond acceptors (Lipinski definition) is 1. The molecule has 0 saturated carbocycles. The quantitative estimate of drug-likeness (QED) is 0.826. The lowest BCUT2D eigenvalue weighted by Gasteiger charge is -2.50. The zero-order valence-electron chi connectivity index (χ0n) is 12.1. The third-order valence-corrected chi connectivity index (χ3v) is 5.26. The van der Waals surface area contributed by atoms with Gasteiger partial charge in [0, 0.05) is 17.4 Å². The molecule has 2 aromatic rings. The van der Waals surface area contributed by atoms with Gasteiger partial charge in [-0.1, -0.05) is 48.5 Å². The van der Waals surface area contributed by atoms with Crippen molar-refractivity contribution in [3.63, 3.8) is 0 Å². The molecule has 0 radical (unpaired) electrons. The minimum atomic E-state index is -0.135. The maximum Gasteiger partial charge on any atom is 0.0141 e. The molecule has 1 atom stereocenters. The van der Waals surface area contributed by atoms with Crippen molar-refractivity contribution in [2.75, 3.05) is 0 Å². The molecule has 0 saturated heterocycles. The SMILES string of the molecule is CC(C)(N)C1CC2c3ccccc3C1c1ccccc12. The Morgan fingerprint density at radius 3 is 1.75 bits per heavy atom. The second kappa shape index (κ2) is 3.95. The van der Waals surface area contributed by atoms with Crippen molar-refractivity contribution in [3.8, 4) is 0 Å². The molecule has 0 aromatic heterocycles. The van der Waals surface area contributed by atoms with Crippen LogP contribution in [0.2, 0.25) is 0 Å². The number of benzene rings is 2. The van der Waals surface area contributed by atoms with Crippen molar-refractivity contribution in [2.45, 2.75) is 37.6 Å². The average molecular weight is 263 g/mol. The van der Waals surface area contributed by atoms with Crippen molar-refractivity contribution >= 4 is 0 Å². The summed E-state index contributed by atoms with van der Waals surface area (Å²) in [5.74, 6) is 1.52. The van der Waals surface area contributed by atoms with Gasteiger partial charge in [-0.25, -0.2) is 0 Å². The topological polar surface area (TPSA) is 26.0 Å². The Kier molecular flexibility index (Phi) is 2.41. The highest BCUT2D eigenvalue weighted by molar-refractivity contribution is 5.56. The van der Waals surface area contributed by atoms with E-state index in [1.54, 1.807) is 0 Å². The van der Waals surface area contributed by atoms with Gasteiger partial charge in [0.15, 0.2) is 0 Å². The van der Waals surface area contributed by atoms with E-state index in [4.69, 9.17) is 5.73 Å². The van der Waals surface area contributed by atoms with Crippen LogP contribution in [-0.2, 0) is 0 Å². The van der Waals surface area contributed by atoms with Gasteiger partial charge in [-0.3, -0.25) is 0 Å². The van der Waals surface area contributed by atoms with E-state index in [-0.39, 0.29) is 5.54 Å². The van der Waals surface area contributed by atoms with E-state index in [9.17, 15) is 0 Å². The lowest BCUT2D eigenvalue weighted by atomic mass is 9.55. The molecule has 0 amide bonds. The molecule has 0 fully saturated rings. The summed E-state index contributed by atoms with van der Waals surface area (Å²) in [4.78, 5) is 0. The van der Waals surface area contributed by atoms with Gasteiger partial charge in [0.25, 0.3) is 0 Å². The Labute approximate surface area is 120 Å². The normalized spacial score (nSPS) is 27.1. The number of nitrogens with two attached hydrogens (primary N) is 1. The van der Waals surface area contributed by atoms with Crippen LogP contribution >= 0.6 is 0 Å². The Morgan fingerprint density at radius 2 is 1.30 bits per heavy atom. The predicted molar refractivity (Wildman–Crippen MR) is 82.9 cm³/mol. The minimum absolute atomic E-state index is 0.135. The molecule has 1 heteroatoms. The molecule has 3 aliphatic rings. The molecule has 2 aromatic carbocycles. The predicted octanol–water partition coefficient (Wildman–Crippen LogP) is 4.02. The summed E-state index contributed by atoms with van der Waals surface area (Å²) in [6, 6.07) is 17.9. The lowest BCUT2D eigenvalue weighted by Crippen LogP contribution is -2.48. The summed E-state index contributed by atoms with van der Waals surface area (Å²) in [5, 5.41) is 0. The smallest absolute Gasteiger partial charge is 0.0141 e. The second-order valence-electron chi connectivity index (χ2n) is 6.95. The monoisotopic (exact) mass is 263 g/mol. The minimum Gasteiger partial charge on any atom is -0.325 e. The van der Waals surface area contributed by atoms with Gasteiger partial charge in [-0.2, -0.15) is 0 Å². The van der Waals surface area contributed by atoms with Gasteiger partial charge in [0.2, 0.25) is 0 Å². The van der Waals surface area contributed by atoms with Gasteiger partial charge in [-0.15, -0.1) is 0 Å². The first-order valence-electron chi connectivity index (χ1n) is 7.54. The van der Waals surface area contributed by atoms with E-state index < -0.39 is 0 Å². The lowest BCUT2D eigenvalue weighted by molar-refractivity contribution is 0.234. The fourth-order valence-corrected chi connectivity index (χ4v) is 4.37. The summed E-state index contributed by atoms with van der Waals surface area (Å²) in [5.41, 5.74) is 12.4. The van der Waals surface area contributed by atoms with E-state index in [1.165, 1.54) is 28.7 Å². The number of hydrogen-bond donors (Lipinski definition) is 1. The zero-order valence-corrected chi connectivity index (χ0v) is 12.1. The highest BCUT2D eigenvalue weighted by Crippen LogP contribution is 2.57. The average Bonchev–Trinajstić information content (AvgIpc) is 2.46. The molecule has 0 heterocycles. The number of fused-ring (bicyclic) bond motifs is 1. The maximum absolute atomic E-state index is 6.51. The molecule has 20 heavy (non-hydrogen) atoms. The van der Waals surface area contributed by atoms with Gasteiger partial charge in [0.05, 0.1) is 0 Å². The van der Waals surface area contributed by atoms with Crippen LogP contribution in [0.15, 0.2) is 48.5 Å². The van der Waals surface area contributed by atoms with E-state index in [0.29, 0.717) is 17.8 Å². The molecule has 5 rings (SSSR count). The fraction of sp³-hybridized carbons (Fsp3) is 0.368. The largest absolute Gasteiger partial charge is 0.325 e. The van der Waals surface area contributed by atoms with Crippen molar-refractivity contribution in [1.29, 1.82) is 0 Å². The first-order chi connectivity index (χ1) is 9.57. The molecule has 1 nitrogen and oxygen atoms in total. The van der Waals surface area contributed by atoms with Gasteiger partial charge in [0.1, 0.15) is 0 Å². The van der Waals surface area contributed by atoms with Crippen LogP contribution in [0.4, 0.5) is 0 Å². The van der Waals surface area contributed by atoms with Gasteiger partial charge in [-0.05, 0) is 48.4 Å². The van der Waals surface area contributed by atoms with Crippen LogP contribution in [0.3, 0.4) is 0 Å². The van der Waals surface area contributed by atoms with Crippen LogP contribution in [0.1, 0.15) is 54.4 Å². The Balaban J connectivity index is 1.98. The van der Waals surface area contributed by atoms with E-state index >= 15 is 0 Å². The van der Waals surface area contributed by atoms with Crippen molar-refractivity contribution in [3.05, 3.63) is 70.8 Å². The van der Waals surface area contributed by atoms with Crippen LogP contribution in [0.5, 0.6) is 0 Å². The van der Waals surface area contributed by atoms with Crippen LogP contribution in [0.25, 0.3) is 0 Å². The second-order valence-corrected chi connectivity index (χ2v) is 6.95. The van der Waals surface area contributed by atoms with E-state index in [2.05, 4.69) is 62.4 Å². The highest BCUT2D eigenvalue weighted by Gasteiger charge is 2.47. The Morgan fingerprint density at radius 1 is 0.850 bits per heavy atom. The summed E-state index contributed by atoms with van der Waals surface area (Å²) < 4.78 is 0. The molecule has 0 aliphatic heterocycles. The first-order valence-corrected chi connectivity index (χ1v) is 7.54. The third-order valence-electron chi connectivity index (χ3n) is 5.26.